The number of carbonyl (C=O) groups is 1. The number of halogens is 3. The lowest BCUT2D eigenvalue weighted by atomic mass is 9.89. The molecule has 22 heavy (non-hydrogen) atoms. The van der Waals surface area contributed by atoms with Crippen molar-refractivity contribution in [3.63, 3.8) is 0 Å². The zero-order chi connectivity index (χ0) is 15.7. The van der Waals surface area contributed by atoms with E-state index in [1.54, 1.807) is 30.3 Å². The lowest BCUT2D eigenvalue weighted by Crippen LogP contribution is -2.34. The van der Waals surface area contributed by atoms with Gasteiger partial charge in [-0.25, -0.2) is 9.82 Å². The first-order valence-corrected chi connectivity index (χ1v) is 7.38. The topological polar surface area (TPSA) is 41.5 Å². The zero-order valence-electron chi connectivity index (χ0n) is 11.3. The van der Waals surface area contributed by atoms with Crippen LogP contribution in [0.1, 0.15) is 23.5 Å². The van der Waals surface area contributed by atoms with Gasteiger partial charge in [0.25, 0.3) is 0 Å². The molecule has 0 aliphatic carbocycles. The number of nitrogens with zero attached hydrogens (tertiary/aromatic N) is 1. The molecular formula is C16H11Cl2FN2O. The molecule has 0 radical (unpaired) electrons. The van der Waals surface area contributed by atoms with Crippen molar-refractivity contribution in [2.24, 2.45) is 5.10 Å². The summed E-state index contributed by atoms with van der Waals surface area (Å²) in [4.78, 5) is 12.1. The highest BCUT2D eigenvalue weighted by molar-refractivity contribution is 6.32. The molecule has 1 heterocycles. The maximum atomic E-state index is 14.1. The first kappa shape index (κ1) is 15.0. The maximum absolute atomic E-state index is 14.1. The molecule has 1 N–H and O–H groups in total. The van der Waals surface area contributed by atoms with Crippen LogP contribution in [0, 0.1) is 5.82 Å². The highest BCUT2D eigenvalue weighted by Gasteiger charge is 2.31. The van der Waals surface area contributed by atoms with Crippen molar-refractivity contribution >= 4 is 34.8 Å². The van der Waals surface area contributed by atoms with Gasteiger partial charge in [-0.15, -0.1) is 0 Å². The van der Waals surface area contributed by atoms with Crippen LogP contribution in [0.25, 0.3) is 0 Å². The number of hydrogen-bond acceptors (Lipinski definition) is 2. The number of amides is 1. The number of hydrogen-bond donors (Lipinski definition) is 1. The van der Waals surface area contributed by atoms with Gasteiger partial charge in [-0.1, -0.05) is 41.4 Å². The van der Waals surface area contributed by atoms with Gasteiger partial charge in [-0.3, -0.25) is 4.79 Å². The fourth-order valence-electron chi connectivity index (χ4n) is 2.43. The third-order valence-electron chi connectivity index (χ3n) is 3.54. The summed E-state index contributed by atoms with van der Waals surface area (Å²) in [6.45, 7) is 0. The Morgan fingerprint density at radius 3 is 2.55 bits per heavy atom. The number of carbonyl (C=O) groups excluding carboxylic acids is 1. The van der Waals surface area contributed by atoms with Crippen LogP contribution in [0.4, 0.5) is 4.39 Å². The van der Waals surface area contributed by atoms with Gasteiger partial charge in [-0.05, 0) is 29.8 Å². The lowest BCUT2D eigenvalue weighted by molar-refractivity contribution is -0.122. The second kappa shape index (κ2) is 6.07. The first-order valence-electron chi connectivity index (χ1n) is 6.62. The molecule has 0 spiro atoms. The first-order chi connectivity index (χ1) is 10.6. The predicted octanol–water partition coefficient (Wildman–Crippen LogP) is 4.14. The van der Waals surface area contributed by atoms with E-state index in [1.807, 2.05) is 0 Å². The van der Waals surface area contributed by atoms with E-state index in [9.17, 15) is 9.18 Å². The second-order valence-corrected chi connectivity index (χ2v) is 5.78. The number of hydrazone groups is 1. The maximum Gasteiger partial charge on any atom is 0.248 e. The molecule has 1 aliphatic heterocycles. The minimum atomic E-state index is -0.711. The van der Waals surface area contributed by atoms with Crippen molar-refractivity contribution in [2.45, 2.75) is 12.3 Å². The molecule has 3 rings (SSSR count). The molecule has 0 fully saturated rings. The second-order valence-electron chi connectivity index (χ2n) is 4.93. The summed E-state index contributed by atoms with van der Waals surface area (Å²) in [5.74, 6) is -1.58. The van der Waals surface area contributed by atoms with Gasteiger partial charge in [-0.2, -0.15) is 5.10 Å². The highest BCUT2D eigenvalue weighted by Crippen LogP contribution is 2.32. The van der Waals surface area contributed by atoms with Gasteiger partial charge in [0.15, 0.2) is 0 Å². The Bertz CT molecular complexity index is 739. The third kappa shape index (κ3) is 2.85. The summed E-state index contributed by atoms with van der Waals surface area (Å²) in [5.41, 5.74) is 4.11. The smallest absolute Gasteiger partial charge is 0.248 e. The summed E-state index contributed by atoms with van der Waals surface area (Å²) < 4.78 is 14.1. The van der Waals surface area contributed by atoms with Crippen LogP contribution in [0.15, 0.2) is 47.6 Å². The molecule has 0 saturated carbocycles. The number of benzene rings is 2. The molecular weight excluding hydrogens is 326 g/mol. The number of nitrogens with one attached hydrogen (secondary N) is 1. The monoisotopic (exact) mass is 336 g/mol. The fraction of sp³-hybridized carbons (Fsp3) is 0.125. The van der Waals surface area contributed by atoms with Crippen molar-refractivity contribution in [3.05, 3.63) is 69.5 Å². The highest BCUT2D eigenvalue weighted by atomic mass is 35.5. The Labute approximate surface area is 136 Å². The summed E-state index contributed by atoms with van der Waals surface area (Å²) in [6, 6.07) is 11.5. The normalized spacial score (nSPS) is 17.9. The Morgan fingerprint density at radius 1 is 1.14 bits per heavy atom. The Hall–Kier alpha value is -1.91. The standard InChI is InChI=1S/C16H11Cl2FN2O/c17-10-6-4-9(5-7-10)14-8-11(16(22)21-20-14)15-12(18)2-1-3-13(15)19/h1-7,11H,8H2,(H,21,22). The molecule has 0 saturated heterocycles. The molecule has 0 bridgehead atoms. The van der Waals surface area contributed by atoms with E-state index >= 15 is 0 Å². The lowest BCUT2D eigenvalue weighted by Gasteiger charge is -2.23. The Kier molecular flexibility index (Phi) is 4.14. The Morgan fingerprint density at radius 2 is 1.86 bits per heavy atom. The minimum Gasteiger partial charge on any atom is -0.272 e. The van der Waals surface area contributed by atoms with Crippen molar-refractivity contribution in [1.29, 1.82) is 0 Å². The van der Waals surface area contributed by atoms with Crippen molar-refractivity contribution in [1.82, 2.24) is 5.43 Å². The van der Waals surface area contributed by atoms with E-state index in [0.29, 0.717) is 10.7 Å². The molecule has 6 heteroatoms. The van der Waals surface area contributed by atoms with Crippen LogP contribution in [0.5, 0.6) is 0 Å². The van der Waals surface area contributed by atoms with Gasteiger partial charge in [0.1, 0.15) is 5.82 Å². The van der Waals surface area contributed by atoms with Gasteiger partial charge in [0.2, 0.25) is 5.91 Å². The van der Waals surface area contributed by atoms with E-state index in [1.165, 1.54) is 12.1 Å². The van der Waals surface area contributed by atoms with E-state index in [0.717, 1.165) is 5.56 Å². The van der Waals surface area contributed by atoms with Crippen LogP contribution in [0.3, 0.4) is 0 Å². The van der Waals surface area contributed by atoms with Crippen LogP contribution in [0.2, 0.25) is 10.0 Å². The summed E-state index contributed by atoms with van der Waals surface area (Å²) >= 11 is 11.9. The molecule has 2 aromatic rings. The summed E-state index contributed by atoms with van der Waals surface area (Å²) in [6.07, 6.45) is 0.272. The van der Waals surface area contributed by atoms with E-state index in [-0.39, 0.29) is 22.9 Å². The Balaban J connectivity index is 1.96. The van der Waals surface area contributed by atoms with Gasteiger partial charge in [0, 0.05) is 22.0 Å². The van der Waals surface area contributed by atoms with E-state index < -0.39 is 11.7 Å². The molecule has 1 unspecified atom stereocenters. The van der Waals surface area contributed by atoms with Crippen LogP contribution < -0.4 is 5.43 Å². The van der Waals surface area contributed by atoms with E-state index in [4.69, 9.17) is 23.2 Å². The van der Waals surface area contributed by atoms with Gasteiger partial charge in [0.05, 0.1) is 11.6 Å². The molecule has 1 amide bonds. The largest absolute Gasteiger partial charge is 0.272 e. The molecule has 2 aromatic carbocycles. The summed E-state index contributed by atoms with van der Waals surface area (Å²) in [5, 5.41) is 4.90. The van der Waals surface area contributed by atoms with Crippen molar-refractivity contribution in [2.75, 3.05) is 0 Å². The summed E-state index contributed by atoms with van der Waals surface area (Å²) in [7, 11) is 0. The van der Waals surface area contributed by atoms with Crippen LogP contribution in [-0.2, 0) is 4.79 Å². The molecule has 1 atom stereocenters. The van der Waals surface area contributed by atoms with Crippen LogP contribution >= 0.6 is 23.2 Å². The average Bonchev–Trinajstić information content (AvgIpc) is 2.50. The van der Waals surface area contributed by atoms with Crippen LogP contribution in [-0.4, -0.2) is 11.6 Å². The molecule has 0 aromatic heterocycles. The minimum absolute atomic E-state index is 0.197. The quantitative estimate of drug-likeness (QED) is 0.879. The molecule has 3 nitrogen and oxygen atoms in total. The van der Waals surface area contributed by atoms with E-state index in [2.05, 4.69) is 10.5 Å². The molecule has 112 valence electrons. The SMILES string of the molecule is O=C1NN=C(c2ccc(Cl)cc2)CC1c1c(F)cccc1Cl. The van der Waals surface area contributed by atoms with Crippen molar-refractivity contribution in [3.8, 4) is 0 Å². The number of rotatable bonds is 2. The predicted molar refractivity (Wildman–Crippen MR) is 84.9 cm³/mol. The van der Waals surface area contributed by atoms with Gasteiger partial charge < -0.3 is 0 Å². The van der Waals surface area contributed by atoms with Gasteiger partial charge >= 0.3 is 0 Å². The zero-order valence-corrected chi connectivity index (χ0v) is 12.8. The third-order valence-corrected chi connectivity index (χ3v) is 4.12. The fourth-order valence-corrected chi connectivity index (χ4v) is 2.85. The average molecular weight is 337 g/mol. The molecule has 1 aliphatic rings. The van der Waals surface area contributed by atoms with Crippen molar-refractivity contribution < 1.29 is 9.18 Å².